The van der Waals surface area contributed by atoms with Crippen LogP contribution in [0.25, 0.3) is 0 Å². The van der Waals surface area contributed by atoms with Crippen LogP contribution in [-0.2, 0) is 16.8 Å². The van der Waals surface area contributed by atoms with Gasteiger partial charge in [0, 0.05) is 18.5 Å². The van der Waals surface area contributed by atoms with Crippen molar-refractivity contribution >= 4 is 19.1 Å². The lowest BCUT2D eigenvalue weighted by Gasteiger charge is -2.33. The summed E-state index contributed by atoms with van der Waals surface area (Å²) in [6.45, 7) is 1.91. The van der Waals surface area contributed by atoms with Crippen LogP contribution >= 0.6 is 0 Å². The van der Waals surface area contributed by atoms with Gasteiger partial charge in [0.1, 0.15) is 14.0 Å². The van der Waals surface area contributed by atoms with E-state index < -0.39 is 0 Å². The van der Waals surface area contributed by atoms with Crippen LogP contribution in [0.3, 0.4) is 0 Å². The zero-order valence-electron chi connectivity index (χ0n) is 13.3. The molecule has 4 rings (SSSR count). The van der Waals surface area contributed by atoms with Gasteiger partial charge in [0.2, 0.25) is 0 Å². The quantitative estimate of drug-likeness (QED) is 0.700. The maximum Gasteiger partial charge on any atom is 0.166 e. The Hall–Kier alpha value is -1.75. The smallest absolute Gasteiger partial charge is 0.166 e. The summed E-state index contributed by atoms with van der Waals surface area (Å²) in [5.41, 5.74) is 3.64. The molecule has 22 heavy (non-hydrogen) atoms. The summed E-state index contributed by atoms with van der Waals surface area (Å²) in [4.78, 5) is 14.2. The molecule has 0 fully saturated rings. The summed E-state index contributed by atoms with van der Waals surface area (Å²) in [5, 5.41) is 0. The molecule has 5 heteroatoms. The van der Waals surface area contributed by atoms with Crippen LogP contribution in [0.5, 0.6) is 11.5 Å². The van der Waals surface area contributed by atoms with Crippen molar-refractivity contribution in [2.24, 2.45) is 0 Å². The third kappa shape index (κ3) is 1.72. The maximum absolute atomic E-state index is 11.9. The minimum absolute atomic E-state index is 0.0963. The van der Waals surface area contributed by atoms with E-state index in [1.165, 1.54) is 16.6 Å². The van der Waals surface area contributed by atoms with Gasteiger partial charge in [-0.2, -0.15) is 0 Å². The number of ketones is 1. The molecule has 2 heterocycles. The first kappa shape index (κ1) is 13.9. The molecule has 0 amide bonds. The molecule has 3 aliphatic rings. The van der Waals surface area contributed by atoms with Crippen molar-refractivity contribution in [3.8, 4) is 11.5 Å². The molecule has 0 radical (unpaired) electrons. The Morgan fingerprint density at radius 2 is 2.32 bits per heavy atom. The molecular weight excluding hydrogens is 277 g/mol. The predicted molar refractivity (Wildman–Crippen MR) is 87.0 cm³/mol. The molecule has 0 saturated heterocycles. The molecule has 1 aliphatic carbocycles. The van der Waals surface area contributed by atoms with E-state index in [-0.39, 0.29) is 17.3 Å². The van der Waals surface area contributed by atoms with Crippen LogP contribution < -0.4 is 14.9 Å². The molecule has 0 saturated carbocycles. The largest absolute Gasteiger partial charge is 0.493 e. The minimum Gasteiger partial charge on any atom is -0.493 e. The van der Waals surface area contributed by atoms with E-state index in [1.807, 2.05) is 0 Å². The second kappa shape index (κ2) is 4.62. The van der Waals surface area contributed by atoms with E-state index in [4.69, 9.17) is 9.47 Å². The van der Waals surface area contributed by atoms with Crippen molar-refractivity contribution in [1.82, 2.24) is 4.90 Å². The zero-order chi connectivity index (χ0) is 15.5. The van der Waals surface area contributed by atoms with E-state index in [0.717, 1.165) is 31.0 Å². The van der Waals surface area contributed by atoms with Gasteiger partial charge in [0.15, 0.2) is 17.3 Å². The van der Waals surface area contributed by atoms with Crippen LogP contribution in [-0.4, -0.2) is 45.3 Å². The van der Waals surface area contributed by atoms with E-state index in [2.05, 4.69) is 31.9 Å². The highest BCUT2D eigenvalue weighted by Crippen LogP contribution is 2.54. The van der Waals surface area contributed by atoms with Gasteiger partial charge < -0.3 is 14.4 Å². The van der Waals surface area contributed by atoms with E-state index in [0.29, 0.717) is 6.42 Å². The topological polar surface area (TPSA) is 38.8 Å². The maximum atomic E-state index is 11.9. The Kier molecular flexibility index (Phi) is 2.92. The van der Waals surface area contributed by atoms with Gasteiger partial charge in [-0.15, -0.1) is 0 Å². The van der Waals surface area contributed by atoms with Gasteiger partial charge in [-0.05, 0) is 37.7 Å². The minimum atomic E-state index is -0.178. The van der Waals surface area contributed by atoms with Gasteiger partial charge in [0.05, 0.1) is 12.5 Å². The van der Waals surface area contributed by atoms with Crippen molar-refractivity contribution in [3.63, 3.8) is 0 Å². The number of benzene rings is 1. The number of rotatable bonds is 1. The molecular formula is C17H20BNO3. The summed E-state index contributed by atoms with van der Waals surface area (Å²) in [5.74, 6) is 1.79. The molecule has 1 aromatic carbocycles. The molecule has 4 nitrogen and oxygen atoms in total. The number of carbonyl (C=O) groups is 1. The second-order valence-corrected chi connectivity index (χ2v) is 6.72. The van der Waals surface area contributed by atoms with Crippen LogP contribution in [0.15, 0.2) is 18.2 Å². The lowest BCUT2D eigenvalue weighted by molar-refractivity contribution is -0.117. The lowest BCUT2D eigenvalue weighted by atomic mass is 9.68. The molecule has 1 aromatic rings. The average Bonchev–Trinajstić information content (AvgIpc) is 2.74. The molecule has 2 aliphatic heterocycles. The number of nitrogens with zero attached hydrogens (tertiary/aromatic N) is 1. The zero-order valence-corrected chi connectivity index (χ0v) is 13.3. The van der Waals surface area contributed by atoms with Crippen molar-refractivity contribution in [1.29, 1.82) is 0 Å². The number of hydrogen-bond acceptors (Lipinski definition) is 4. The lowest BCUT2D eigenvalue weighted by Crippen LogP contribution is -2.42. The first-order valence-electron chi connectivity index (χ1n) is 7.83. The number of allylic oxidation sites excluding steroid dienone is 1. The monoisotopic (exact) mass is 297 g/mol. The fourth-order valence-corrected chi connectivity index (χ4v) is 4.18. The summed E-state index contributed by atoms with van der Waals surface area (Å²) >= 11 is 0. The molecule has 1 spiro atoms. The van der Waals surface area contributed by atoms with Crippen LogP contribution in [0.1, 0.15) is 24.0 Å². The Morgan fingerprint density at radius 3 is 3.09 bits per heavy atom. The van der Waals surface area contributed by atoms with Crippen LogP contribution in [0, 0.1) is 0 Å². The SMILES string of the molecule is Bc1cc(OC)c2c3c1CN(C)CCC31C=CC(=O)CC1O2. The molecule has 0 N–H and O–H groups in total. The van der Waals surface area contributed by atoms with Crippen molar-refractivity contribution in [2.75, 3.05) is 20.7 Å². The highest BCUT2D eigenvalue weighted by Gasteiger charge is 2.52. The fraction of sp³-hybridized carbons (Fsp3) is 0.471. The first-order chi connectivity index (χ1) is 10.5. The third-order valence-corrected chi connectivity index (χ3v) is 5.38. The first-order valence-corrected chi connectivity index (χ1v) is 7.83. The van der Waals surface area contributed by atoms with Gasteiger partial charge >= 0.3 is 0 Å². The predicted octanol–water partition coefficient (Wildman–Crippen LogP) is 0.317. The normalized spacial score (nSPS) is 29.5. The Bertz CT molecular complexity index is 700. The Balaban J connectivity index is 2.02. The van der Waals surface area contributed by atoms with Gasteiger partial charge in [-0.1, -0.05) is 11.5 Å². The van der Waals surface area contributed by atoms with E-state index in [1.54, 1.807) is 13.2 Å². The standard InChI is InChI=1S/C17H20BNO3/c1-19-6-5-17-4-3-10(20)7-14(17)22-16-13(21-2)8-12(18)11(9-19)15(16)17/h3-4,8,14H,5-7,9,18H2,1-2H3. The number of ether oxygens (including phenoxy) is 2. The van der Waals surface area contributed by atoms with Crippen molar-refractivity contribution < 1.29 is 14.3 Å². The van der Waals surface area contributed by atoms with Crippen LogP contribution in [0.2, 0.25) is 0 Å². The fourth-order valence-electron chi connectivity index (χ4n) is 4.18. The van der Waals surface area contributed by atoms with Crippen molar-refractivity contribution in [2.45, 2.75) is 30.9 Å². The molecule has 2 atom stereocenters. The average molecular weight is 297 g/mol. The second-order valence-electron chi connectivity index (χ2n) is 6.72. The number of methoxy groups -OCH3 is 1. The highest BCUT2D eigenvalue weighted by molar-refractivity contribution is 6.33. The molecule has 0 aromatic heterocycles. The Labute approximate surface area is 131 Å². The van der Waals surface area contributed by atoms with Gasteiger partial charge in [-0.25, -0.2) is 0 Å². The molecule has 0 bridgehead atoms. The summed E-state index contributed by atoms with van der Waals surface area (Å²) in [6, 6.07) is 2.06. The van der Waals surface area contributed by atoms with Crippen LogP contribution in [0.4, 0.5) is 0 Å². The summed E-state index contributed by atoms with van der Waals surface area (Å²) in [6.07, 6.45) is 5.18. The third-order valence-electron chi connectivity index (χ3n) is 5.38. The number of hydrogen-bond donors (Lipinski definition) is 0. The van der Waals surface area contributed by atoms with E-state index >= 15 is 0 Å². The number of carbonyl (C=O) groups excluding carboxylic acids is 1. The van der Waals surface area contributed by atoms with E-state index in [9.17, 15) is 4.79 Å². The highest BCUT2D eigenvalue weighted by atomic mass is 16.5. The summed E-state index contributed by atoms with van der Waals surface area (Å²) < 4.78 is 11.8. The molecule has 114 valence electrons. The molecule has 2 unspecified atom stereocenters. The van der Waals surface area contributed by atoms with Gasteiger partial charge in [-0.3, -0.25) is 4.79 Å². The Morgan fingerprint density at radius 1 is 1.50 bits per heavy atom. The van der Waals surface area contributed by atoms with Crippen molar-refractivity contribution in [3.05, 3.63) is 29.3 Å². The van der Waals surface area contributed by atoms with Gasteiger partial charge in [0.25, 0.3) is 0 Å². The summed E-state index contributed by atoms with van der Waals surface area (Å²) in [7, 11) is 5.97.